The van der Waals surface area contributed by atoms with Gasteiger partial charge in [0.15, 0.2) is 0 Å². The van der Waals surface area contributed by atoms with Crippen LogP contribution in [0.1, 0.15) is 42.2 Å². The number of hydrogen-bond donors (Lipinski definition) is 1. The van der Waals surface area contributed by atoms with E-state index in [4.69, 9.17) is 4.74 Å². The van der Waals surface area contributed by atoms with Crippen LogP contribution in [0.3, 0.4) is 0 Å². The van der Waals surface area contributed by atoms with E-state index in [0.29, 0.717) is 11.4 Å². The molecule has 1 N–H and O–H groups in total. The number of aromatic carboxylic acids is 1. The van der Waals surface area contributed by atoms with Crippen molar-refractivity contribution in [1.29, 1.82) is 0 Å². The van der Waals surface area contributed by atoms with Crippen molar-refractivity contribution < 1.29 is 14.6 Å². The molecule has 0 aliphatic rings. The molecule has 1 aromatic heterocycles. The van der Waals surface area contributed by atoms with Crippen molar-refractivity contribution in [3.05, 3.63) is 41.6 Å². The predicted molar refractivity (Wildman–Crippen MR) is 83.8 cm³/mol. The summed E-state index contributed by atoms with van der Waals surface area (Å²) >= 11 is 0. The molecule has 0 radical (unpaired) electrons. The van der Waals surface area contributed by atoms with Gasteiger partial charge in [-0.05, 0) is 36.8 Å². The summed E-state index contributed by atoms with van der Waals surface area (Å²) in [5.41, 5.74) is 1.47. The highest BCUT2D eigenvalue weighted by Gasteiger charge is 2.11. The zero-order chi connectivity index (χ0) is 15.2. The van der Waals surface area contributed by atoms with Gasteiger partial charge in [0.2, 0.25) is 0 Å². The van der Waals surface area contributed by atoms with Gasteiger partial charge in [-0.2, -0.15) is 0 Å². The van der Waals surface area contributed by atoms with Crippen LogP contribution in [0.4, 0.5) is 0 Å². The first-order chi connectivity index (χ1) is 10.2. The largest absolute Gasteiger partial charge is 0.497 e. The maximum Gasteiger partial charge on any atom is 0.337 e. The number of unbranched alkanes of at least 4 members (excludes halogenated alkanes) is 2. The van der Waals surface area contributed by atoms with Crippen LogP contribution in [0.15, 0.2) is 30.3 Å². The number of carboxylic acids is 1. The van der Waals surface area contributed by atoms with Crippen molar-refractivity contribution in [2.75, 3.05) is 7.11 Å². The highest BCUT2D eigenvalue weighted by atomic mass is 16.5. The molecule has 0 amide bonds. The topological polar surface area (TPSA) is 59.4 Å². The first kappa shape index (κ1) is 15.0. The van der Waals surface area contributed by atoms with Crippen LogP contribution < -0.4 is 4.74 Å². The Labute approximate surface area is 124 Å². The molecule has 0 aliphatic heterocycles. The van der Waals surface area contributed by atoms with Crippen molar-refractivity contribution >= 4 is 22.9 Å². The summed E-state index contributed by atoms with van der Waals surface area (Å²) in [6, 6.07) is 7.09. The number of nitrogens with zero attached hydrogens (tertiary/aromatic N) is 1. The SMILES string of the molecule is CCCCC=Cc1nc2ccc(OC)cc2cc1C(=O)O. The number of pyridine rings is 1. The van der Waals surface area contributed by atoms with E-state index in [0.717, 1.165) is 30.2 Å². The van der Waals surface area contributed by atoms with E-state index in [1.807, 2.05) is 18.2 Å². The van der Waals surface area contributed by atoms with Gasteiger partial charge < -0.3 is 9.84 Å². The Morgan fingerprint density at radius 1 is 1.38 bits per heavy atom. The number of carbonyl (C=O) groups is 1. The molecule has 0 bridgehead atoms. The zero-order valence-electron chi connectivity index (χ0n) is 12.3. The Kier molecular flexibility index (Phi) is 4.93. The van der Waals surface area contributed by atoms with Crippen LogP contribution in [-0.2, 0) is 0 Å². The maximum absolute atomic E-state index is 11.4. The second-order valence-electron chi connectivity index (χ2n) is 4.83. The molecule has 1 heterocycles. The van der Waals surface area contributed by atoms with E-state index in [2.05, 4.69) is 11.9 Å². The number of benzene rings is 1. The monoisotopic (exact) mass is 285 g/mol. The minimum absolute atomic E-state index is 0.212. The molecule has 21 heavy (non-hydrogen) atoms. The predicted octanol–water partition coefficient (Wildman–Crippen LogP) is 4.15. The number of allylic oxidation sites excluding steroid dienone is 1. The minimum Gasteiger partial charge on any atom is -0.497 e. The van der Waals surface area contributed by atoms with Gasteiger partial charge in [0.1, 0.15) is 5.75 Å². The number of methoxy groups -OCH3 is 1. The Bertz CT molecular complexity index is 677. The summed E-state index contributed by atoms with van der Waals surface area (Å²) in [4.78, 5) is 15.8. The smallest absolute Gasteiger partial charge is 0.337 e. The van der Waals surface area contributed by atoms with Crippen molar-refractivity contribution in [3.63, 3.8) is 0 Å². The van der Waals surface area contributed by atoms with Crippen molar-refractivity contribution in [2.24, 2.45) is 0 Å². The third-order valence-electron chi connectivity index (χ3n) is 3.28. The van der Waals surface area contributed by atoms with Gasteiger partial charge in [0.05, 0.1) is 23.9 Å². The van der Waals surface area contributed by atoms with Crippen LogP contribution in [0.25, 0.3) is 17.0 Å². The number of ether oxygens (including phenoxy) is 1. The lowest BCUT2D eigenvalue weighted by Crippen LogP contribution is -2.02. The molecule has 0 unspecified atom stereocenters. The van der Waals surface area contributed by atoms with Crippen LogP contribution in [0.2, 0.25) is 0 Å². The lowest BCUT2D eigenvalue weighted by molar-refractivity contribution is 0.0696. The summed E-state index contributed by atoms with van der Waals surface area (Å²) in [6.07, 6.45) is 6.90. The average Bonchev–Trinajstić information content (AvgIpc) is 2.50. The van der Waals surface area contributed by atoms with Gasteiger partial charge in [-0.15, -0.1) is 0 Å². The molecular formula is C17H19NO3. The van der Waals surface area contributed by atoms with Gasteiger partial charge in [0, 0.05) is 5.39 Å². The Hall–Kier alpha value is -2.36. The van der Waals surface area contributed by atoms with Gasteiger partial charge in [-0.25, -0.2) is 9.78 Å². The fourth-order valence-electron chi connectivity index (χ4n) is 2.11. The standard InChI is InChI=1S/C17H19NO3/c1-3-4-5-6-7-16-14(17(19)20)11-12-10-13(21-2)8-9-15(12)18-16/h6-11H,3-5H2,1-2H3,(H,19,20). The summed E-state index contributed by atoms with van der Waals surface area (Å²) in [5, 5.41) is 10.1. The summed E-state index contributed by atoms with van der Waals surface area (Å²) < 4.78 is 5.16. The minimum atomic E-state index is -0.970. The van der Waals surface area contributed by atoms with Crippen molar-refractivity contribution in [3.8, 4) is 5.75 Å². The second-order valence-corrected chi connectivity index (χ2v) is 4.83. The van der Waals surface area contributed by atoms with E-state index < -0.39 is 5.97 Å². The summed E-state index contributed by atoms with van der Waals surface area (Å²) in [5.74, 6) is -0.283. The third kappa shape index (κ3) is 3.60. The maximum atomic E-state index is 11.4. The van der Waals surface area contributed by atoms with E-state index in [1.54, 1.807) is 25.3 Å². The first-order valence-corrected chi connectivity index (χ1v) is 7.04. The number of carboxylic acid groups (broad SMARTS) is 1. The van der Waals surface area contributed by atoms with Gasteiger partial charge >= 0.3 is 5.97 Å². The molecular weight excluding hydrogens is 266 g/mol. The molecule has 0 atom stereocenters. The molecule has 0 fully saturated rings. The van der Waals surface area contributed by atoms with E-state index in [9.17, 15) is 9.90 Å². The molecule has 0 saturated carbocycles. The van der Waals surface area contributed by atoms with E-state index in [1.165, 1.54) is 0 Å². The molecule has 0 spiro atoms. The van der Waals surface area contributed by atoms with Crippen molar-refractivity contribution in [1.82, 2.24) is 4.98 Å². The average molecular weight is 285 g/mol. The fraction of sp³-hybridized carbons (Fsp3) is 0.294. The number of aromatic nitrogens is 1. The molecule has 2 rings (SSSR count). The summed E-state index contributed by atoms with van der Waals surface area (Å²) in [6.45, 7) is 2.12. The molecule has 110 valence electrons. The normalized spacial score (nSPS) is 11.1. The number of hydrogen-bond acceptors (Lipinski definition) is 3. The Morgan fingerprint density at radius 3 is 2.86 bits per heavy atom. The zero-order valence-corrected chi connectivity index (χ0v) is 12.3. The van der Waals surface area contributed by atoms with Crippen LogP contribution in [0.5, 0.6) is 5.75 Å². The molecule has 2 aromatic rings. The van der Waals surface area contributed by atoms with Crippen LogP contribution in [-0.4, -0.2) is 23.2 Å². The molecule has 4 heteroatoms. The molecule has 0 aliphatic carbocycles. The molecule has 1 aromatic carbocycles. The second kappa shape index (κ2) is 6.88. The van der Waals surface area contributed by atoms with Crippen molar-refractivity contribution in [2.45, 2.75) is 26.2 Å². The van der Waals surface area contributed by atoms with Gasteiger partial charge in [-0.1, -0.05) is 25.8 Å². The molecule has 4 nitrogen and oxygen atoms in total. The lowest BCUT2D eigenvalue weighted by atomic mass is 10.1. The van der Waals surface area contributed by atoms with E-state index in [-0.39, 0.29) is 5.56 Å². The third-order valence-corrected chi connectivity index (χ3v) is 3.28. The Balaban J connectivity index is 2.45. The highest BCUT2D eigenvalue weighted by molar-refractivity contribution is 5.96. The lowest BCUT2D eigenvalue weighted by Gasteiger charge is -2.06. The van der Waals surface area contributed by atoms with Gasteiger partial charge in [0.25, 0.3) is 0 Å². The van der Waals surface area contributed by atoms with Crippen LogP contribution >= 0.6 is 0 Å². The van der Waals surface area contributed by atoms with Gasteiger partial charge in [-0.3, -0.25) is 0 Å². The van der Waals surface area contributed by atoms with E-state index >= 15 is 0 Å². The first-order valence-electron chi connectivity index (χ1n) is 7.04. The number of rotatable bonds is 6. The highest BCUT2D eigenvalue weighted by Crippen LogP contribution is 2.23. The van der Waals surface area contributed by atoms with Crippen LogP contribution in [0, 0.1) is 0 Å². The number of fused-ring (bicyclic) bond motifs is 1. The summed E-state index contributed by atoms with van der Waals surface area (Å²) in [7, 11) is 1.58. The molecule has 0 saturated heterocycles. The Morgan fingerprint density at radius 2 is 2.19 bits per heavy atom. The quantitative estimate of drug-likeness (QED) is 0.810. The fourth-order valence-corrected chi connectivity index (χ4v) is 2.11.